The van der Waals surface area contributed by atoms with Gasteiger partial charge in [0.15, 0.2) is 0 Å². The van der Waals surface area contributed by atoms with Crippen molar-refractivity contribution in [1.82, 2.24) is 5.32 Å². The maximum Gasteiger partial charge on any atom is 0.326 e. The largest absolute Gasteiger partial charge is 0.480 e. The summed E-state index contributed by atoms with van der Waals surface area (Å²) in [6.07, 6.45) is -3.64. The Morgan fingerprint density at radius 2 is 1.88 bits per heavy atom. The van der Waals surface area contributed by atoms with Crippen LogP contribution in [0.1, 0.15) is 37.0 Å². The normalized spacial score (nSPS) is 12.1. The summed E-state index contributed by atoms with van der Waals surface area (Å²) >= 11 is 5.91. The number of carboxylic acid groups (broad SMARTS) is 1. The molecule has 1 rings (SSSR count). The number of alkyl halides is 2. The van der Waals surface area contributed by atoms with E-state index in [-0.39, 0.29) is 28.8 Å². The molecule has 138 valence electrons. The Morgan fingerprint density at radius 3 is 2.40 bits per heavy atom. The summed E-state index contributed by atoms with van der Waals surface area (Å²) < 4.78 is 24.8. The number of benzene rings is 1. The summed E-state index contributed by atoms with van der Waals surface area (Å²) in [5.74, 6) is -2.62. The lowest BCUT2D eigenvalue weighted by atomic mass is 10.1. The highest BCUT2D eigenvalue weighted by Gasteiger charge is 2.25. The minimum absolute atomic E-state index is 0.000504. The average Bonchev–Trinajstić information content (AvgIpc) is 2.46. The molecular weight excluding hydrogens is 358 g/mol. The van der Waals surface area contributed by atoms with E-state index in [0.29, 0.717) is 5.69 Å². The number of carboxylic acids is 1. The van der Waals surface area contributed by atoms with Gasteiger partial charge >= 0.3 is 5.97 Å². The van der Waals surface area contributed by atoms with Gasteiger partial charge in [-0.2, -0.15) is 0 Å². The molecule has 1 aromatic rings. The summed E-state index contributed by atoms with van der Waals surface area (Å²) in [5, 5.41) is 13.5. The number of rotatable bonds is 8. The number of amides is 2. The van der Waals surface area contributed by atoms with Crippen molar-refractivity contribution in [1.29, 1.82) is 0 Å². The molecule has 9 heteroatoms. The molecule has 6 nitrogen and oxygen atoms in total. The highest BCUT2D eigenvalue weighted by Crippen LogP contribution is 2.21. The second-order valence-electron chi connectivity index (χ2n) is 5.83. The van der Waals surface area contributed by atoms with Gasteiger partial charge in [0.05, 0.1) is 10.6 Å². The summed E-state index contributed by atoms with van der Waals surface area (Å²) in [5.41, 5.74) is 0.172. The zero-order valence-corrected chi connectivity index (χ0v) is 14.4. The fourth-order valence-electron chi connectivity index (χ4n) is 2.00. The predicted octanol–water partition coefficient (Wildman–Crippen LogP) is 3.16. The van der Waals surface area contributed by atoms with Crippen LogP contribution in [0, 0.1) is 5.92 Å². The van der Waals surface area contributed by atoms with Crippen LogP contribution in [0.4, 0.5) is 14.5 Å². The van der Waals surface area contributed by atoms with Crippen molar-refractivity contribution in [3.8, 4) is 0 Å². The van der Waals surface area contributed by atoms with E-state index in [1.54, 1.807) is 0 Å². The number of halogens is 3. The van der Waals surface area contributed by atoms with Gasteiger partial charge in [-0.15, -0.1) is 0 Å². The first-order chi connectivity index (χ1) is 11.6. The van der Waals surface area contributed by atoms with Gasteiger partial charge in [0.25, 0.3) is 5.91 Å². The molecule has 3 N–H and O–H groups in total. The molecule has 0 saturated heterocycles. The van der Waals surface area contributed by atoms with E-state index < -0.39 is 30.8 Å². The smallest absolute Gasteiger partial charge is 0.326 e. The van der Waals surface area contributed by atoms with Crippen molar-refractivity contribution in [2.45, 2.75) is 39.2 Å². The van der Waals surface area contributed by atoms with E-state index in [9.17, 15) is 23.2 Å². The molecule has 1 aromatic carbocycles. The van der Waals surface area contributed by atoms with Crippen molar-refractivity contribution < 1.29 is 28.3 Å². The number of carbonyl (C=O) groups is 3. The Labute approximate surface area is 148 Å². The van der Waals surface area contributed by atoms with Crippen molar-refractivity contribution in [2.75, 3.05) is 5.32 Å². The topological polar surface area (TPSA) is 95.5 Å². The summed E-state index contributed by atoms with van der Waals surface area (Å²) in [6.45, 7) is 3.74. The zero-order chi connectivity index (χ0) is 19.1. The van der Waals surface area contributed by atoms with Crippen LogP contribution in [0.2, 0.25) is 5.02 Å². The van der Waals surface area contributed by atoms with Crippen molar-refractivity contribution >= 4 is 35.1 Å². The van der Waals surface area contributed by atoms with Crippen molar-refractivity contribution in [3.05, 3.63) is 28.8 Å². The molecule has 0 bridgehead atoms. The number of anilines is 1. The van der Waals surface area contributed by atoms with Gasteiger partial charge in [-0.25, -0.2) is 13.6 Å². The van der Waals surface area contributed by atoms with E-state index >= 15 is 0 Å². The SMILES string of the molecule is CC(C)CC(=O)Nc1ccc(Cl)c(C(=O)NC(CC(F)F)C(=O)O)c1. The summed E-state index contributed by atoms with van der Waals surface area (Å²) in [7, 11) is 0. The molecule has 2 amide bonds. The number of hydrogen-bond donors (Lipinski definition) is 3. The molecule has 1 atom stereocenters. The van der Waals surface area contributed by atoms with Crippen LogP contribution in [-0.4, -0.2) is 35.4 Å². The third kappa shape index (κ3) is 7.04. The molecule has 0 aliphatic heterocycles. The Hall–Kier alpha value is -2.22. The second kappa shape index (κ2) is 9.31. The van der Waals surface area contributed by atoms with Gasteiger partial charge in [-0.1, -0.05) is 25.4 Å². The Kier molecular flexibility index (Phi) is 7.76. The molecule has 0 heterocycles. The van der Waals surface area contributed by atoms with E-state index in [1.165, 1.54) is 18.2 Å². The van der Waals surface area contributed by atoms with Crippen LogP contribution in [-0.2, 0) is 9.59 Å². The lowest BCUT2D eigenvalue weighted by molar-refractivity contribution is -0.140. The Morgan fingerprint density at radius 1 is 1.24 bits per heavy atom. The fourth-order valence-corrected chi connectivity index (χ4v) is 2.20. The van der Waals surface area contributed by atoms with E-state index in [0.717, 1.165) is 0 Å². The average molecular weight is 377 g/mol. The fraction of sp³-hybridized carbons (Fsp3) is 0.438. The van der Waals surface area contributed by atoms with Crippen LogP contribution in [0.5, 0.6) is 0 Å². The van der Waals surface area contributed by atoms with Crippen LogP contribution >= 0.6 is 11.6 Å². The van der Waals surface area contributed by atoms with E-state index in [4.69, 9.17) is 16.7 Å². The van der Waals surface area contributed by atoms with E-state index in [1.807, 2.05) is 19.2 Å². The Bertz CT molecular complexity index is 653. The van der Waals surface area contributed by atoms with Gasteiger partial charge in [-0.3, -0.25) is 9.59 Å². The minimum atomic E-state index is -2.89. The highest BCUT2D eigenvalue weighted by molar-refractivity contribution is 6.34. The third-order valence-electron chi connectivity index (χ3n) is 3.11. The first kappa shape index (κ1) is 20.8. The first-order valence-corrected chi connectivity index (χ1v) is 7.89. The van der Waals surface area contributed by atoms with Crippen LogP contribution in [0.25, 0.3) is 0 Å². The molecule has 0 aliphatic rings. The van der Waals surface area contributed by atoms with Gasteiger partial charge in [0.2, 0.25) is 12.3 Å². The monoisotopic (exact) mass is 376 g/mol. The van der Waals surface area contributed by atoms with Gasteiger partial charge < -0.3 is 15.7 Å². The number of carbonyl (C=O) groups excluding carboxylic acids is 2. The summed E-state index contributed by atoms with van der Waals surface area (Å²) in [4.78, 5) is 34.9. The van der Waals surface area contributed by atoms with Crippen LogP contribution < -0.4 is 10.6 Å². The minimum Gasteiger partial charge on any atom is -0.480 e. The Balaban J connectivity index is 2.92. The lowest BCUT2D eigenvalue weighted by Gasteiger charge is -2.15. The molecule has 0 saturated carbocycles. The molecular formula is C16H19ClF2N2O4. The standard InChI is InChI=1S/C16H19ClF2N2O4/c1-8(2)5-14(22)20-9-3-4-11(17)10(6-9)15(23)21-12(16(24)25)7-13(18)19/h3-4,6,8,12-13H,5,7H2,1-2H3,(H,20,22)(H,21,23)(H,24,25). The zero-order valence-electron chi connectivity index (χ0n) is 13.7. The molecule has 25 heavy (non-hydrogen) atoms. The number of nitrogens with one attached hydrogen (secondary N) is 2. The highest BCUT2D eigenvalue weighted by atomic mass is 35.5. The quantitative estimate of drug-likeness (QED) is 0.649. The van der Waals surface area contributed by atoms with Crippen LogP contribution in [0.3, 0.4) is 0 Å². The molecule has 1 unspecified atom stereocenters. The number of aliphatic carboxylic acids is 1. The maximum absolute atomic E-state index is 12.4. The lowest BCUT2D eigenvalue weighted by Crippen LogP contribution is -2.42. The van der Waals surface area contributed by atoms with E-state index in [2.05, 4.69) is 5.32 Å². The number of hydrogen-bond acceptors (Lipinski definition) is 3. The molecule has 0 aliphatic carbocycles. The van der Waals surface area contributed by atoms with Crippen molar-refractivity contribution in [3.63, 3.8) is 0 Å². The second-order valence-corrected chi connectivity index (χ2v) is 6.24. The maximum atomic E-state index is 12.4. The first-order valence-electron chi connectivity index (χ1n) is 7.51. The predicted molar refractivity (Wildman–Crippen MR) is 89.0 cm³/mol. The van der Waals surface area contributed by atoms with Crippen molar-refractivity contribution in [2.24, 2.45) is 5.92 Å². The van der Waals surface area contributed by atoms with Gasteiger partial charge in [-0.05, 0) is 24.1 Å². The molecule has 0 radical (unpaired) electrons. The molecule has 0 fully saturated rings. The third-order valence-corrected chi connectivity index (χ3v) is 3.44. The molecule has 0 spiro atoms. The summed E-state index contributed by atoms with van der Waals surface area (Å²) in [6, 6.07) is 2.34. The van der Waals surface area contributed by atoms with Crippen LogP contribution in [0.15, 0.2) is 18.2 Å². The van der Waals surface area contributed by atoms with Gasteiger partial charge in [0, 0.05) is 18.5 Å². The van der Waals surface area contributed by atoms with Gasteiger partial charge in [0.1, 0.15) is 6.04 Å². The molecule has 0 aromatic heterocycles.